The fourth-order valence-electron chi connectivity index (χ4n) is 4.82. The average Bonchev–Trinajstić information content (AvgIpc) is 3.43. The van der Waals surface area contributed by atoms with Crippen molar-refractivity contribution < 1.29 is 28.0 Å². The summed E-state index contributed by atoms with van der Waals surface area (Å²) < 4.78 is 38.6. The average molecular weight is 459 g/mol. The lowest BCUT2D eigenvalue weighted by Gasteiger charge is -2.35. The maximum absolute atomic E-state index is 13.2. The van der Waals surface area contributed by atoms with Crippen LogP contribution in [0.5, 0.6) is 0 Å². The first-order valence-corrected chi connectivity index (χ1v) is 10.7. The van der Waals surface area contributed by atoms with Crippen molar-refractivity contribution in [2.75, 3.05) is 24.5 Å². The number of hydrogen-bond donors (Lipinski definition) is 2. The van der Waals surface area contributed by atoms with E-state index in [1.165, 1.54) is 18.2 Å². The molecule has 2 aliphatic heterocycles. The van der Waals surface area contributed by atoms with Crippen LogP contribution in [-0.4, -0.2) is 47.1 Å². The highest BCUT2D eigenvalue weighted by molar-refractivity contribution is 5.95. The Kier molecular flexibility index (Phi) is 6.16. The van der Waals surface area contributed by atoms with E-state index in [2.05, 4.69) is 4.90 Å². The lowest BCUT2D eigenvalue weighted by atomic mass is 9.94. The fourth-order valence-corrected chi connectivity index (χ4v) is 4.82. The maximum atomic E-state index is 13.2. The van der Waals surface area contributed by atoms with Gasteiger partial charge in [-0.15, -0.1) is 0 Å². The number of hydrogen-bond acceptors (Lipinski definition) is 4. The van der Waals surface area contributed by atoms with Gasteiger partial charge in [0.15, 0.2) is 0 Å². The number of carbonyl (C=O) groups excluding carboxylic acids is 2. The number of alkyl halides is 3. The lowest BCUT2D eigenvalue weighted by molar-refractivity contribution is -0.137. The monoisotopic (exact) mass is 459 g/mol. The van der Waals surface area contributed by atoms with E-state index in [0.29, 0.717) is 19.6 Å². The summed E-state index contributed by atoms with van der Waals surface area (Å²) >= 11 is 0. The molecule has 2 aliphatic rings. The molecule has 2 amide bonds. The molecule has 2 heterocycles. The van der Waals surface area contributed by atoms with E-state index in [-0.39, 0.29) is 17.0 Å². The SMILES string of the molecule is O=C(C=Cc1ccccc1N1CCC2(CCCN2C(=O)c2ccc(C(F)(F)F)cc2)C1)NO. The summed E-state index contributed by atoms with van der Waals surface area (Å²) in [5, 5.41) is 8.71. The molecule has 1 unspecified atom stereocenters. The van der Waals surface area contributed by atoms with Crippen molar-refractivity contribution in [3.63, 3.8) is 0 Å². The number of para-hydroxylation sites is 1. The number of nitrogens with zero attached hydrogens (tertiary/aromatic N) is 2. The zero-order chi connectivity index (χ0) is 23.6. The van der Waals surface area contributed by atoms with Gasteiger partial charge in [-0.2, -0.15) is 13.2 Å². The number of nitrogens with one attached hydrogen (secondary N) is 1. The second-order valence-electron chi connectivity index (χ2n) is 8.40. The summed E-state index contributed by atoms with van der Waals surface area (Å²) in [6.07, 6.45) is 0.808. The van der Waals surface area contributed by atoms with Crippen molar-refractivity contribution in [2.45, 2.75) is 31.0 Å². The van der Waals surface area contributed by atoms with Crippen LogP contribution in [0.2, 0.25) is 0 Å². The van der Waals surface area contributed by atoms with Crippen LogP contribution in [0.25, 0.3) is 6.08 Å². The normalized spacial score (nSPS) is 20.7. The van der Waals surface area contributed by atoms with Crippen LogP contribution in [-0.2, 0) is 11.0 Å². The molecule has 1 spiro atoms. The lowest BCUT2D eigenvalue weighted by Crippen LogP contribution is -2.49. The van der Waals surface area contributed by atoms with Crippen LogP contribution in [0, 0.1) is 0 Å². The Labute approximate surface area is 189 Å². The Morgan fingerprint density at radius 2 is 1.76 bits per heavy atom. The molecule has 33 heavy (non-hydrogen) atoms. The minimum Gasteiger partial charge on any atom is -0.369 e. The zero-order valence-electron chi connectivity index (χ0n) is 17.8. The molecule has 2 aromatic rings. The van der Waals surface area contributed by atoms with Gasteiger partial charge < -0.3 is 9.80 Å². The molecule has 1 atom stereocenters. The Hall–Kier alpha value is -3.33. The van der Waals surface area contributed by atoms with Crippen molar-refractivity contribution in [3.8, 4) is 0 Å². The molecule has 2 aromatic carbocycles. The molecule has 0 radical (unpaired) electrons. The number of carbonyl (C=O) groups is 2. The molecular formula is C24H24F3N3O3. The second kappa shape index (κ2) is 8.90. The first kappa shape index (κ1) is 22.8. The smallest absolute Gasteiger partial charge is 0.369 e. The molecule has 2 fully saturated rings. The molecule has 2 saturated heterocycles. The molecule has 2 N–H and O–H groups in total. The highest BCUT2D eigenvalue weighted by Crippen LogP contribution is 2.41. The van der Waals surface area contributed by atoms with E-state index >= 15 is 0 Å². The Morgan fingerprint density at radius 3 is 2.45 bits per heavy atom. The van der Waals surface area contributed by atoms with Gasteiger partial charge in [-0.05, 0) is 61.2 Å². The first-order valence-electron chi connectivity index (χ1n) is 10.7. The summed E-state index contributed by atoms with van der Waals surface area (Å²) in [5.41, 5.74) is 2.36. The minimum absolute atomic E-state index is 0.251. The number of halogens is 3. The zero-order valence-corrected chi connectivity index (χ0v) is 17.8. The van der Waals surface area contributed by atoms with Gasteiger partial charge in [0.2, 0.25) is 0 Å². The molecular weight excluding hydrogens is 435 g/mol. The van der Waals surface area contributed by atoms with Gasteiger partial charge >= 0.3 is 6.18 Å². The van der Waals surface area contributed by atoms with E-state index < -0.39 is 17.6 Å². The van der Waals surface area contributed by atoms with Crippen molar-refractivity contribution >= 4 is 23.6 Å². The summed E-state index contributed by atoms with van der Waals surface area (Å²) in [5.74, 6) is -0.886. The number of benzene rings is 2. The van der Waals surface area contributed by atoms with Gasteiger partial charge in [0.1, 0.15) is 0 Å². The van der Waals surface area contributed by atoms with Crippen LogP contribution < -0.4 is 10.4 Å². The van der Waals surface area contributed by atoms with Gasteiger partial charge in [0.25, 0.3) is 11.8 Å². The number of rotatable bonds is 4. The van der Waals surface area contributed by atoms with Crippen LogP contribution in [0.3, 0.4) is 0 Å². The molecule has 4 rings (SSSR count). The third-order valence-electron chi connectivity index (χ3n) is 6.43. The highest BCUT2D eigenvalue weighted by Gasteiger charge is 2.48. The van der Waals surface area contributed by atoms with Gasteiger partial charge in [-0.1, -0.05) is 18.2 Å². The third kappa shape index (κ3) is 4.59. The predicted molar refractivity (Wildman–Crippen MR) is 117 cm³/mol. The molecule has 0 aromatic heterocycles. The Morgan fingerprint density at radius 1 is 1.03 bits per heavy atom. The molecule has 0 bridgehead atoms. The van der Waals surface area contributed by atoms with Crippen molar-refractivity contribution in [1.29, 1.82) is 0 Å². The summed E-state index contributed by atoms with van der Waals surface area (Å²) in [7, 11) is 0. The molecule has 9 heteroatoms. The first-order chi connectivity index (χ1) is 15.7. The van der Waals surface area contributed by atoms with Gasteiger partial charge in [0, 0.05) is 37.0 Å². The van der Waals surface area contributed by atoms with Crippen LogP contribution >= 0.6 is 0 Å². The van der Waals surface area contributed by atoms with Crippen molar-refractivity contribution in [1.82, 2.24) is 10.4 Å². The van der Waals surface area contributed by atoms with E-state index in [4.69, 9.17) is 5.21 Å². The molecule has 0 saturated carbocycles. The highest BCUT2D eigenvalue weighted by atomic mass is 19.4. The number of anilines is 1. The number of amides is 2. The standard InChI is InChI=1S/C24H24F3N3O3/c25-24(26,27)19-9-6-18(7-10-19)22(32)30-14-3-12-23(30)13-15-29(16-23)20-5-2-1-4-17(20)8-11-21(31)28-33/h1-2,4-11,33H,3,12-16H2,(H,28,31). The summed E-state index contributed by atoms with van der Waals surface area (Å²) in [4.78, 5) is 28.6. The Balaban J connectivity index is 1.54. The maximum Gasteiger partial charge on any atom is 0.416 e. The van der Waals surface area contributed by atoms with E-state index in [1.807, 2.05) is 29.2 Å². The number of hydroxylamine groups is 1. The topological polar surface area (TPSA) is 72.9 Å². The second-order valence-corrected chi connectivity index (χ2v) is 8.40. The van der Waals surface area contributed by atoms with Gasteiger partial charge in [-0.25, -0.2) is 5.48 Å². The predicted octanol–water partition coefficient (Wildman–Crippen LogP) is 4.11. The Bertz CT molecular complexity index is 1070. The van der Waals surface area contributed by atoms with E-state index in [1.54, 1.807) is 11.6 Å². The van der Waals surface area contributed by atoms with E-state index in [9.17, 15) is 22.8 Å². The quantitative estimate of drug-likeness (QED) is 0.410. The fraction of sp³-hybridized carbons (Fsp3) is 0.333. The van der Waals surface area contributed by atoms with E-state index in [0.717, 1.165) is 42.6 Å². The summed E-state index contributed by atoms with van der Waals surface area (Å²) in [6, 6.07) is 11.9. The summed E-state index contributed by atoms with van der Waals surface area (Å²) in [6.45, 7) is 1.86. The van der Waals surface area contributed by atoms with Crippen molar-refractivity contribution in [3.05, 3.63) is 71.3 Å². The van der Waals surface area contributed by atoms with Crippen molar-refractivity contribution in [2.24, 2.45) is 0 Å². The molecule has 0 aliphatic carbocycles. The largest absolute Gasteiger partial charge is 0.416 e. The van der Waals surface area contributed by atoms with Gasteiger partial charge in [0.05, 0.1) is 11.1 Å². The van der Waals surface area contributed by atoms with Gasteiger partial charge in [-0.3, -0.25) is 14.8 Å². The molecule has 174 valence electrons. The molecule has 6 nitrogen and oxygen atoms in total. The third-order valence-corrected chi connectivity index (χ3v) is 6.43. The van der Waals surface area contributed by atoms with Crippen LogP contribution in [0.1, 0.15) is 40.7 Å². The number of likely N-dealkylation sites (tertiary alicyclic amines) is 1. The van der Waals surface area contributed by atoms with Crippen LogP contribution in [0.15, 0.2) is 54.6 Å². The minimum atomic E-state index is -4.44. The van der Waals surface area contributed by atoms with Crippen LogP contribution in [0.4, 0.5) is 18.9 Å².